The molecule has 0 saturated carbocycles. The van der Waals surface area contributed by atoms with Crippen LogP contribution in [0.15, 0.2) is 24.8 Å². The molecule has 2 atom stereocenters. The predicted molar refractivity (Wildman–Crippen MR) is 78.9 cm³/mol. The molecule has 1 aliphatic rings. The van der Waals surface area contributed by atoms with Crippen LogP contribution in [0, 0.1) is 0 Å². The van der Waals surface area contributed by atoms with Crippen LogP contribution >= 0.6 is 0 Å². The molecule has 116 valence electrons. The number of benzene rings is 1. The van der Waals surface area contributed by atoms with Crippen LogP contribution in [-0.2, 0) is 17.5 Å². The molecular formula is C15H18F3NOS. The number of fused-ring (bicyclic) bond motifs is 1. The van der Waals surface area contributed by atoms with Crippen LogP contribution in [0.4, 0.5) is 13.2 Å². The fraction of sp³-hybridized carbons (Fsp3) is 0.467. The Morgan fingerprint density at radius 2 is 1.90 bits per heavy atom. The second kappa shape index (κ2) is 5.34. The van der Waals surface area contributed by atoms with Gasteiger partial charge in [0.15, 0.2) is 0 Å². The van der Waals surface area contributed by atoms with Gasteiger partial charge in [0.2, 0.25) is 0 Å². The van der Waals surface area contributed by atoms with Gasteiger partial charge in [0.25, 0.3) is 0 Å². The topological polar surface area (TPSA) is 35.1 Å². The molecule has 0 radical (unpaired) electrons. The fourth-order valence-electron chi connectivity index (χ4n) is 2.22. The van der Waals surface area contributed by atoms with Crippen molar-refractivity contribution in [1.82, 2.24) is 4.72 Å². The van der Waals surface area contributed by atoms with Gasteiger partial charge < -0.3 is 4.55 Å². The molecule has 0 heterocycles. The van der Waals surface area contributed by atoms with Crippen molar-refractivity contribution in [3.05, 3.63) is 41.5 Å². The minimum absolute atomic E-state index is 0.255. The van der Waals surface area contributed by atoms with Crippen molar-refractivity contribution in [1.29, 1.82) is 0 Å². The smallest absolute Gasteiger partial charge is 0.416 e. The Morgan fingerprint density at radius 3 is 2.43 bits per heavy atom. The Balaban J connectivity index is 2.29. The maximum atomic E-state index is 12.8. The lowest BCUT2D eigenvalue weighted by Gasteiger charge is -2.26. The Kier molecular flexibility index (Phi) is 4.17. The monoisotopic (exact) mass is 317 g/mol. The third-order valence-corrected chi connectivity index (χ3v) is 5.00. The van der Waals surface area contributed by atoms with E-state index in [4.69, 9.17) is 0 Å². The van der Waals surface area contributed by atoms with Gasteiger partial charge in [-0.15, -0.1) is 4.72 Å². The molecule has 0 bridgehead atoms. The summed E-state index contributed by atoms with van der Waals surface area (Å²) in [4.78, 5) is 0. The summed E-state index contributed by atoms with van der Waals surface area (Å²) >= 11 is -1.29. The summed E-state index contributed by atoms with van der Waals surface area (Å²) in [7, 11) is 0. The minimum atomic E-state index is -4.37. The standard InChI is InChI=1S/C15H18F3NOS/c1-9-7-13(19-21(20)14(2,3)4)11-6-5-10(8-12(9)11)15(16,17)18/h5-6,8,13,19H,1,7H2,2-4H3/t13-,21?/m1/s1. The average Bonchev–Trinajstić information content (AvgIpc) is 2.64. The van der Waals surface area contributed by atoms with Crippen molar-refractivity contribution in [3.63, 3.8) is 0 Å². The van der Waals surface area contributed by atoms with Gasteiger partial charge >= 0.3 is 6.18 Å². The molecule has 0 spiro atoms. The maximum Gasteiger partial charge on any atom is 0.416 e. The number of halogens is 3. The molecule has 0 aromatic heterocycles. The molecule has 1 aromatic rings. The summed E-state index contributed by atoms with van der Waals surface area (Å²) in [5.74, 6) is 0. The highest BCUT2D eigenvalue weighted by atomic mass is 32.2. The van der Waals surface area contributed by atoms with E-state index in [1.54, 1.807) is 0 Å². The van der Waals surface area contributed by atoms with Crippen molar-refractivity contribution in [2.45, 2.75) is 44.2 Å². The van der Waals surface area contributed by atoms with E-state index in [1.807, 2.05) is 20.8 Å². The van der Waals surface area contributed by atoms with Crippen LogP contribution in [-0.4, -0.2) is 9.30 Å². The lowest BCUT2D eigenvalue weighted by Crippen LogP contribution is -2.40. The molecule has 21 heavy (non-hydrogen) atoms. The van der Waals surface area contributed by atoms with E-state index in [2.05, 4.69) is 11.3 Å². The SMILES string of the molecule is C=C1C[C@@H](N[S+]([O-])C(C)(C)C)c2ccc(C(F)(F)F)cc21. The van der Waals surface area contributed by atoms with E-state index in [0.717, 1.165) is 17.7 Å². The van der Waals surface area contributed by atoms with Gasteiger partial charge in [-0.25, -0.2) is 0 Å². The largest absolute Gasteiger partial charge is 0.598 e. The molecule has 0 fully saturated rings. The molecule has 1 aliphatic carbocycles. The fourth-order valence-corrected chi connectivity index (χ4v) is 3.04. The van der Waals surface area contributed by atoms with E-state index in [-0.39, 0.29) is 6.04 Å². The third kappa shape index (κ3) is 3.44. The van der Waals surface area contributed by atoms with Crippen LogP contribution in [0.1, 0.15) is 49.9 Å². The lowest BCUT2D eigenvalue weighted by atomic mass is 10.0. The normalized spacial score (nSPS) is 20.5. The summed E-state index contributed by atoms with van der Waals surface area (Å²) < 4.78 is 53.0. The summed E-state index contributed by atoms with van der Waals surface area (Å²) in [5, 5.41) is 0. The minimum Gasteiger partial charge on any atom is -0.598 e. The molecule has 0 saturated heterocycles. The molecule has 0 amide bonds. The summed E-state index contributed by atoms with van der Waals surface area (Å²) in [6.07, 6.45) is -3.90. The summed E-state index contributed by atoms with van der Waals surface area (Å²) in [6.45, 7) is 9.35. The van der Waals surface area contributed by atoms with Gasteiger partial charge in [-0.05, 0) is 56.0 Å². The third-order valence-electron chi connectivity index (χ3n) is 3.39. The Morgan fingerprint density at radius 1 is 1.29 bits per heavy atom. The van der Waals surface area contributed by atoms with Crippen LogP contribution in [0.3, 0.4) is 0 Å². The van der Waals surface area contributed by atoms with Crippen LogP contribution < -0.4 is 4.72 Å². The maximum absolute atomic E-state index is 12.8. The Labute approximate surface area is 125 Å². The molecule has 2 rings (SSSR count). The Hall–Kier alpha value is -0.980. The number of nitrogens with one attached hydrogen (secondary N) is 1. The van der Waals surface area contributed by atoms with Crippen LogP contribution in [0.25, 0.3) is 5.57 Å². The molecule has 1 N–H and O–H groups in total. The van der Waals surface area contributed by atoms with E-state index < -0.39 is 27.8 Å². The van der Waals surface area contributed by atoms with Gasteiger partial charge in [-0.3, -0.25) is 0 Å². The number of alkyl halides is 3. The second-order valence-electron chi connectivity index (χ2n) is 6.16. The first-order valence-corrected chi connectivity index (χ1v) is 7.72. The molecular weight excluding hydrogens is 299 g/mol. The first-order valence-electron chi connectivity index (χ1n) is 6.57. The highest BCUT2D eigenvalue weighted by Gasteiger charge is 2.36. The van der Waals surface area contributed by atoms with Crippen molar-refractivity contribution < 1.29 is 17.7 Å². The van der Waals surface area contributed by atoms with Crippen molar-refractivity contribution >= 4 is 16.9 Å². The van der Waals surface area contributed by atoms with Gasteiger partial charge in [0.05, 0.1) is 11.6 Å². The lowest BCUT2D eigenvalue weighted by molar-refractivity contribution is -0.137. The van der Waals surface area contributed by atoms with Crippen LogP contribution in [0.5, 0.6) is 0 Å². The molecule has 6 heteroatoms. The zero-order valence-corrected chi connectivity index (χ0v) is 13.0. The number of hydrogen-bond acceptors (Lipinski definition) is 2. The quantitative estimate of drug-likeness (QED) is 0.829. The molecule has 1 aromatic carbocycles. The van der Waals surface area contributed by atoms with Gasteiger partial charge in [-0.1, -0.05) is 12.6 Å². The van der Waals surface area contributed by atoms with Crippen molar-refractivity contribution in [3.8, 4) is 0 Å². The first-order chi connectivity index (χ1) is 9.50. The van der Waals surface area contributed by atoms with Crippen molar-refractivity contribution in [2.24, 2.45) is 0 Å². The number of rotatable bonds is 2. The van der Waals surface area contributed by atoms with Crippen molar-refractivity contribution in [2.75, 3.05) is 0 Å². The van der Waals surface area contributed by atoms with E-state index >= 15 is 0 Å². The highest BCUT2D eigenvalue weighted by Crippen LogP contribution is 2.42. The second-order valence-corrected chi connectivity index (χ2v) is 8.16. The first kappa shape index (κ1) is 16.4. The Bertz CT molecular complexity index is 563. The van der Waals surface area contributed by atoms with E-state index in [0.29, 0.717) is 17.6 Å². The van der Waals surface area contributed by atoms with Gasteiger partial charge in [-0.2, -0.15) is 13.2 Å². The van der Waals surface area contributed by atoms with E-state index in [1.165, 1.54) is 6.07 Å². The number of hydrogen-bond donors (Lipinski definition) is 1. The summed E-state index contributed by atoms with van der Waals surface area (Å²) in [6, 6.07) is 3.38. The van der Waals surface area contributed by atoms with E-state index in [9.17, 15) is 17.7 Å². The highest BCUT2D eigenvalue weighted by molar-refractivity contribution is 7.90. The van der Waals surface area contributed by atoms with Gasteiger partial charge in [0.1, 0.15) is 4.75 Å². The zero-order valence-electron chi connectivity index (χ0n) is 12.2. The average molecular weight is 317 g/mol. The van der Waals surface area contributed by atoms with Crippen LogP contribution in [0.2, 0.25) is 0 Å². The molecule has 2 nitrogen and oxygen atoms in total. The predicted octanol–water partition coefficient (Wildman–Crippen LogP) is 4.22. The summed E-state index contributed by atoms with van der Waals surface area (Å²) in [5.41, 5.74) is 1.19. The molecule has 1 unspecified atom stereocenters. The molecule has 0 aliphatic heterocycles. The zero-order chi connectivity index (χ0) is 16.0. The van der Waals surface area contributed by atoms with Gasteiger partial charge in [0, 0.05) is 11.4 Å².